The lowest BCUT2D eigenvalue weighted by atomic mass is 10.2. The molecule has 0 amide bonds. The van der Waals surface area contributed by atoms with E-state index in [-0.39, 0.29) is 0 Å². The second-order valence-electron chi connectivity index (χ2n) is 2.09. The fraction of sp³-hybridized carbons (Fsp3) is 1.00. The molecule has 0 unspecified atom stereocenters. The molecule has 0 aromatic rings. The highest BCUT2D eigenvalue weighted by atomic mass is 35.5. The summed E-state index contributed by atoms with van der Waals surface area (Å²) >= 11 is 11.2. The molecule has 0 aliphatic carbocycles. The van der Waals surface area contributed by atoms with E-state index in [9.17, 15) is 0 Å². The third-order valence-corrected chi connectivity index (χ3v) is 2.04. The van der Waals surface area contributed by atoms with Crippen LogP contribution in [0.1, 0.15) is 12.8 Å². The standard InChI is InChI=1S/C5H8Cl2O2/c6-5(7)2-1-3-9-4(5)8/h4,8H,1-3H2/t4-/m0/s1. The SMILES string of the molecule is O[C@H]1OCCCC1(Cl)Cl. The second-order valence-corrected chi connectivity index (χ2v) is 3.63. The van der Waals surface area contributed by atoms with Crippen molar-refractivity contribution in [3.8, 4) is 0 Å². The van der Waals surface area contributed by atoms with Crippen molar-refractivity contribution in [3.05, 3.63) is 0 Å². The van der Waals surface area contributed by atoms with E-state index in [1.54, 1.807) is 0 Å². The van der Waals surface area contributed by atoms with Crippen LogP contribution in [0.4, 0.5) is 0 Å². The lowest BCUT2D eigenvalue weighted by molar-refractivity contribution is -0.129. The predicted octanol–water partition coefficient (Wildman–Crippen LogP) is 1.29. The van der Waals surface area contributed by atoms with E-state index in [0.29, 0.717) is 13.0 Å². The van der Waals surface area contributed by atoms with Crippen molar-refractivity contribution in [2.45, 2.75) is 23.5 Å². The Hall–Kier alpha value is 0.500. The van der Waals surface area contributed by atoms with Crippen LogP contribution in [0.3, 0.4) is 0 Å². The van der Waals surface area contributed by atoms with E-state index in [1.807, 2.05) is 0 Å². The molecule has 1 atom stereocenters. The Balaban J connectivity index is 2.49. The van der Waals surface area contributed by atoms with E-state index >= 15 is 0 Å². The van der Waals surface area contributed by atoms with Gasteiger partial charge in [0.15, 0.2) is 10.6 Å². The summed E-state index contributed by atoms with van der Waals surface area (Å²) in [5.41, 5.74) is 0. The zero-order valence-electron chi connectivity index (χ0n) is 4.81. The Kier molecular flexibility index (Phi) is 2.22. The topological polar surface area (TPSA) is 29.5 Å². The molecule has 1 saturated heterocycles. The van der Waals surface area contributed by atoms with Crippen LogP contribution in [0.2, 0.25) is 0 Å². The molecule has 0 saturated carbocycles. The first-order valence-electron chi connectivity index (χ1n) is 2.80. The normalized spacial score (nSPS) is 34.3. The van der Waals surface area contributed by atoms with Crippen LogP contribution in [0.5, 0.6) is 0 Å². The minimum Gasteiger partial charge on any atom is -0.366 e. The number of ether oxygens (including phenoxy) is 1. The van der Waals surface area contributed by atoms with Gasteiger partial charge in [-0.05, 0) is 12.8 Å². The van der Waals surface area contributed by atoms with E-state index in [1.165, 1.54) is 0 Å². The summed E-state index contributed by atoms with van der Waals surface area (Å²) in [6.45, 7) is 0.544. The maximum Gasteiger partial charge on any atom is 0.187 e. The van der Waals surface area contributed by atoms with E-state index in [0.717, 1.165) is 6.42 Å². The monoisotopic (exact) mass is 170 g/mol. The molecule has 9 heavy (non-hydrogen) atoms. The van der Waals surface area contributed by atoms with E-state index in [2.05, 4.69) is 0 Å². The fourth-order valence-corrected chi connectivity index (χ4v) is 1.14. The quantitative estimate of drug-likeness (QED) is 0.556. The third-order valence-electron chi connectivity index (χ3n) is 1.29. The molecule has 0 radical (unpaired) electrons. The molecule has 4 heteroatoms. The molecule has 1 heterocycles. The van der Waals surface area contributed by atoms with Gasteiger partial charge >= 0.3 is 0 Å². The van der Waals surface area contributed by atoms with Crippen molar-refractivity contribution >= 4 is 23.2 Å². The third kappa shape index (κ3) is 1.71. The first kappa shape index (κ1) is 7.61. The summed E-state index contributed by atoms with van der Waals surface area (Å²) in [5.74, 6) is 0. The van der Waals surface area contributed by atoms with Gasteiger partial charge in [-0.3, -0.25) is 0 Å². The average Bonchev–Trinajstić information content (AvgIpc) is 1.77. The van der Waals surface area contributed by atoms with Crippen molar-refractivity contribution in [2.24, 2.45) is 0 Å². The summed E-state index contributed by atoms with van der Waals surface area (Å²) in [4.78, 5) is 0. The maximum absolute atomic E-state index is 8.95. The van der Waals surface area contributed by atoms with Gasteiger partial charge in [0.05, 0.1) is 0 Å². The molecule has 0 aromatic carbocycles. The van der Waals surface area contributed by atoms with Crippen LogP contribution in [0.15, 0.2) is 0 Å². The van der Waals surface area contributed by atoms with Gasteiger partial charge in [0, 0.05) is 6.61 Å². The van der Waals surface area contributed by atoms with E-state index in [4.69, 9.17) is 33.0 Å². The van der Waals surface area contributed by atoms with Gasteiger partial charge in [0.25, 0.3) is 0 Å². The molecule has 1 aliphatic rings. The molecule has 1 rings (SSSR count). The number of halogens is 2. The Labute approximate surface area is 63.7 Å². The van der Waals surface area contributed by atoms with Crippen LogP contribution in [-0.4, -0.2) is 22.3 Å². The molecule has 2 nitrogen and oxygen atoms in total. The van der Waals surface area contributed by atoms with E-state index < -0.39 is 10.6 Å². The number of alkyl halides is 2. The largest absolute Gasteiger partial charge is 0.366 e. The molecule has 0 spiro atoms. The zero-order valence-corrected chi connectivity index (χ0v) is 6.32. The lowest BCUT2D eigenvalue weighted by Gasteiger charge is -2.29. The zero-order chi connectivity index (χ0) is 6.91. The molecular weight excluding hydrogens is 163 g/mol. The summed E-state index contributed by atoms with van der Waals surface area (Å²) in [5, 5.41) is 8.95. The average molecular weight is 171 g/mol. The number of hydrogen-bond donors (Lipinski definition) is 1. The van der Waals surface area contributed by atoms with Crippen LogP contribution < -0.4 is 0 Å². The van der Waals surface area contributed by atoms with Crippen molar-refractivity contribution in [3.63, 3.8) is 0 Å². The van der Waals surface area contributed by atoms with Gasteiger partial charge in [0.2, 0.25) is 0 Å². The van der Waals surface area contributed by atoms with Crippen molar-refractivity contribution in [1.82, 2.24) is 0 Å². The molecule has 0 aromatic heterocycles. The highest BCUT2D eigenvalue weighted by Gasteiger charge is 2.36. The number of aliphatic hydroxyl groups excluding tert-OH is 1. The smallest absolute Gasteiger partial charge is 0.187 e. The second kappa shape index (κ2) is 2.62. The summed E-state index contributed by atoms with van der Waals surface area (Å²) in [6, 6.07) is 0. The van der Waals surface area contributed by atoms with Crippen LogP contribution in [0, 0.1) is 0 Å². The van der Waals surface area contributed by atoms with Crippen LogP contribution >= 0.6 is 23.2 Å². The number of aliphatic hydroxyl groups is 1. The molecule has 1 fully saturated rings. The van der Waals surface area contributed by atoms with Gasteiger partial charge in [-0.15, -0.1) is 0 Å². The highest BCUT2D eigenvalue weighted by Crippen LogP contribution is 2.34. The fourth-order valence-electron chi connectivity index (χ4n) is 0.748. The van der Waals surface area contributed by atoms with Crippen molar-refractivity contribution in [2.75, 3.05) is 6.61 Å². The van der Waals surface area contributed by atoms with Gasteiger partial charge in [0.1, 0.15) is 0 Å². The Morgan fingerprint density at radius 2 is 2.22 bits per heavy atom. The maximum atomic E-state index is 8.95. The van der Waals surface area contributed by atoms with Gasteiger partial charge in [-0.25, -0.2) is 0 Å². The first-order valence-corrected chi connectivity index (χ1v) is 3.56. The molecule has 54 valence electrons. The minimum atomic E-state index is -1.09. The highest BCUT2D eigenvalue weighted by molar-refractivity contribution is 6.48. The molecule has 0 bridgehead atoms. The summed E-state index contributed by atoms with van der Waals surface area (Å²) in [7, 11) is 0. The van der Waals surface area contributed by atoms with Crippen molar-refractivity contribution < 1.29 is 9.84 Å². The number of rotatable bonds is 0. The van der Waals surface area contributed by atoms with Crippen molar-refractivity contribution in [1.29, 1.82) is 0 Å². The minimum absolute atomic E-state index is 0.544. The van der Waals surface area contributed by atoms with Gasteiger partial charge in [-0.2, -0.15) is 0 Å². The van der Waals surface area contributed by atoms with Crippen LogP contribution in [0.25, 0.3) is 0 Å². The summed E-state index contributed by atoms with van der Waals surface area (Å²) < 4.78 is 3.70. The van der Waals surface area contributed by atoms with Gasteiger partial charge in [-0.1, -0.05) is 23.2 Å². The Morgan fingerprint density at radius 1 is 1.56 bits per heavy atom. The van der Waals surface area contributed by atoms with Crippen LogP contribution in [-0.2, 0) is 4.74 Å². The number of hydrogen-bond acceptors (Lipinski definition) is 2. The Morgan fingerprint density at radius 3 is 2.56 bits per heavy atom. The summed E-state index contributed by atoms with van der Waals surface area (Å²) in [6.07, 6.45) is 0.385. The molecular formula is C5H8Cl2O2. The molecule has 1 aliphatic heterocycles. The first-order chi connectivity index (χ1) is 4.13. The molecule has 1 N–H and O–H groups in total. The predicted molar refractivity (Wildman–Crippen MR) is 35.6 cm³/mol. The lowest BCUT2D eigenvalue weighted by Crippen LogP contribution is -2.37. The van der Waals surface area contributed by atoms with Gasteiger partial charge < -0.3 is 9.84 Å². The Bertz CT molecular complexity index is 105.